The molecule has 1 saturated carbocycles. The predicted octanol–water partition coefficient (Wildman–Crippen LogP) is 2.46. The third-order valence-corrected chi connectivity index (χ3v) is 4.08. The van der Waals surface area contributed by atoms with Crippen LogP contribution in [0.4, 0.5) is 0 Å². The zero-order chi connectivity index (χ0) is 10.0. The summed E-state index contributed by atoms with van der Waals surface area (Å²) >= 11 is 0. The van der Waals surface area contributed by atoms with Crippen LogP contribution in [0.1, 0.15) is 51.9 Å². The summed E-state index contributed by atoms with van der Waals surface area (Å²) in [5.41, 5.74) is 6.52. The van der Waals surface area contributed by atoms with Crippen molar-refractivity contribution in [3.63, 3.8) is 0 Å². The van der Waals surface area contributed by atoms with Gasteiger partial charge in [0.25, 0.3) is 0 Å². The largest absolute Gasteiger partial charge is 0.378 e. The molecule has 0 aromatic heterocycles. The van der Waals surface area contributed by atoms with Crippen LogP contribution in [0.25, 0.3) is 0 Å². The Morgan fingerprint density at radius 2 is 2.29 bits per heavy atom. The van der Waals surface area contributed by atoms with Crippen molar-refractivity contribution < 1.29 is 4.74 Å². The highest BCUT2D eigenvalue weighted by molar-refractivity contribution is 4.98. The zero-order valence-electron chi connectivity index (χ0n) is 9.30. The van der Waals surface area contributed by atoms with E-state index in [0.29, 0.717) is 17.6 Å². The Morgan fingerprint density at radius 3 is 2.79 bits per heavy atom. The molecule has 2 unspecified atom stereocenters. The van der Waals surface area contributed by atoms with E-state index >= 15 is 0 Å². The lowest BCUT2D eigenvalue weighted by Gasteiger charge is -2.20. The minimum absolute atomic E-state index is 0.395. The topological polar surface area (TPSA) is 35.2 Å². The average molecular weight is 197 g/mol. The molecule has 2 nitrogen and oxygen atoms in total. The van der Waals surface area contributed by atoms with Gasteiger partial charge in [0.1, 0.15) is 0 Å². The molecule has 1 saturated heterocycles. The first-order valence-corrected chi connectivity index (χ1v) is 6.10. The lowest BCUT2D eigenvalue weighted by Crippen LogP contribution is -2.28. The molecule has 2 atom stereocenters. The maximum atomic E-state index is 6.00. The van der Waals surface area contributed by atoms with E-state index in [4.69, 9.17) is 10.5 Å². The molecular weight excluding hydrogens is 174 g/mol. The van der Waals surface area contributed by atoms with Crippen LogP contribution in [0, 0.1) is 5.41 Å². The van der Waals surface area contributed by atoms with Gasteiger partial charge in [0.15, 0.2) is 0 Å². The highest BCUT2D eigenvalue weighted by Crippen LogP contribution is 2.52. The summed E-state index contributed by atoms with van der Waals surface area (Å²) in [5, 5.41) is 0. The molecule has 0 radical (unpaired) electrons. The first kappa shape index (κ1) is 10.4. The minimum atomic E-state index is 0.395. The van der Waals surface area contributed by atoms with Crippen molar-refractivity contribution in [2.45, 2.75) is 64.0 Å². The van der Waals surface area contributed by atoms with Gasteiger partial charge in [-0.15, -0.1) is 0 Å². The summed E-state index contributed by atoms with van der Waals surface area (Å²) in [7, 11) is 0. The smallest absolute Gasteiger partial charge is 0.0576 e. The van der Waals surface area contributed by atoms with E-state index in [1.807, 2.05) is 0 Å². The number of hydrogen-bond acceptors (Lipinski definition) is 2. The van der Waals surface area contributed by atoms with Gasteiger partial charge in [-0.2, -0.15) is 0 Å². The van der Waals surface area contributed by atoms with Gasteiger partial charge in [-0.05, 0) is 50.9 Å². The molecule has 14 heavy (non-hydrogen) atoms. The number of nitrogens with two attached hydrogens (primary N) is 1. The molecule has 0 aromatic carbocycles. The minimum Gasteiger partial charge on any atom is -0.378 e. The Labute approximate surface area is 87.2 Å². The first-order chi connectivity index (χ1) is 6.73. The van der Waals surface area contributed by atoms with Gasteiger partial charge in [0.2, 0.25) is 0 Å². The van der Waals surface area contributed by atoms with E-state index in [1.54, 1.807) is 0 Å². The maximum absolute atomic E-state index is 6.00. The van der Waals surface area contributed by atoms with Crippen LogP contribution >= 0.6 is 0 Å². The van der Waals surface area contributed by atoms with Crippen molar-refractivity contribution in [2.24, 2.45) is 11.1 Å². The molecule has 1 aliphatic carbocycles. The molecular formula is C12H23NO. The van der Waals surface area contributed by atoms with Crippen molar-refractivity contribution in [3.8, 4) is 0 Å². The van der Waals surface area contributed by atoms with E-state index in [9.17, 15) is 0 Å². The van der Waals surface area contributed by atoms with E-state index in [-0.39, 0.29) is 0 Å². The molecule has 0 amide bonds. The van der Waals surface area contributed by atoms with Crippen molar-refractivity contribution in [1.82, 2.24) is 0 Å². The highest BCUT2D eigenvalue weighted by atomic mass is 16.5. The summed E-state index contributed by atoms with van der Waals surface area (Å²) in [6.45, 7) is 3.15. The molecule has 2 N–H and O–H groups in total. The molecule has 82 valence electrons. The summed E-state index contributed by atoms with van der Waals surface area (Å²) in [4.78, 5) is 0. The summed E-state index contributed by atoms with van der Waals surface area (Å²) in [6, 6.07) is 0.395. The fourth-order valence-electron chi connectivity index (χ4n) is 2.65. The van der Waals surface area contributed by atoms with Crippen molar-refractivity contribution >= 4 is 0 Å². The Bertz CT molecular complexity index is 181. The molecule has 2 fully saturated rings. The molecule has 2 aliphatic rings. The fourth-order valence-corrected chi connectivity index (χ4v) is 2.65. The third-order valence-electron chi connectivity index (χ3n) is 4.08. The van der Waals surface area contributed by atoms with Crippen LogP contribution in [-0.2, 0) is 4.74 Å². The lowest BCUT2D eigenvalue weighted by molar-refractivity contribution is 0.0998. The Kier molecular flexibility index (Phi) is 3.13. The van der Waals surface area contributed by atoms with E-state index in [2.05, 4.69) is 6.92 Å². The van der Waals surface area contributed by atoms with Crippen molar-refractivity contribution in [1.29, 1.82) is 0 Å². The normalized spacial score (nSPS) is 31.7. The molecule has 0 aromatic rings. The second-order valence-electron chi connectivity index (χ2n) is 5.18. The Morgan fingerprint density at radius 1 is 1.50 bits per heavy atom. The second kappa shape index (κ2) is 4.19. The van der Waals surface area contributed by atoms with E-state index in [0.717, 1.165) is 6.61 Å². The van der Waals surface area contributed by atoms with Crippen LogP contribution in [0.15, 0.2) is 0 Å². The molecule has 0 bridgehead atoms. The summed E-state index contributed by atoms with van der Waals surface area (Å²) in [6.07, 6.45) is 9.73. The number of rotatable bonds is 5. The highest BCUT2D eigenvalue weighted by Gasteiger charge is 2.44. The number of hydrogen-bond donors (Lipinski definition) is 1. The monoisotopic (exact) mass is 197 g/mol. The van der Waals surface area contributed by atoms with Gasteiger partial charge in [-0.1, -0.05) is 6.42 Å². The molecule has 2 heteroatoms. The molecule has 0 spiro atoms. The second-order valence-corrected chi connectivity index (χ2v) is 5.18. The Balaban J connectivity index is 1.62. The molecule has 1 heterocycles. The summed E-state index contributed by atoms with van der Waals surface area (Å²) < 4.78 is 5.62. The van der Waals surface area contributed by atoms with Crippen LogP contribution in [0.3, 0.4) is 0 Å². The summed E-state index contributed by atoms with van der Waals surface area (Å²) in [5.74, 6) is 0. The standard InChI is InChI=1S/C12H23NO/c1-10(13)12(7-8-12)6-2-4-11-5-3-9-14-11/h10-11H,2-9,13H2,1H3. The molecule has 1 aliphatic heterocycles. The number of ether oxygens (including phenoxy) is 1. The maximum Gasteiger partial charge on any atom is 0.0576 e. The average Bonchev–Trinajstić information content (AvgIpc) is 2.76. The van der Waals surface area contributed by atoms with Gasteiger partial charge in [0.05, 0.1) is 6.10 Å². The van der Waals surface area contributed by atoms with Crippen LogP contribution < -0.4 is 5.73 Å². The quantitative estimate of drug-likeness (QED) is 0.735. The van der Waals surface area contributed by atoms with Gasteiger partial charge in [-0.25, -0.2) is 0 Å². The lowest BCUT2D eigenvalue weighted by atomic mass is 9.91. The van der Waals surface area contributed by atoms with Gasteiger partial charge in [0, 0.05) is 12.6 Å². The molecule has 2 rings (SSSR count). The third kappa shape index (κ3) is 2.29. The fraction of sp³-hybridized carbons (Fsp3) is 1.00. The van der Waals surface area contributed by atoms with Crippen molar-refractivity contribution in [3.05, 3.63) is 0 Å². The van der Waals surface area contributed by atoms with E-state index in [1.165, 1.54) is 44.9 Å². The van der Waals surface area contributed by atoms with Gasteiger partial charge >= 0.3 is 0 Å². The zero-order valence-corrected chi connectivity index (χ0v) is 9.30. The van der Waals surface area contributed by atoms with Gasteiger partial charge < -0.3 is 10.5 Å². The van der Waals surface area contributed by atoms with Crippen LogP contribution in [0.2, 0.25) is 0 Å². The Hall–Kier alpha value is -0.0800. The SMILES string of the molecule is CC(N)C1(CCCC2CCCO2)CC1. The van der Waals surface area contributed by atoms with Gasteiger partial charge in [-0.3, -0.25) is 0 Å². The van der Waals surface area contributed by atoms with Crippen LogP contribution in [-0.4, -0.2) is 18.8 Å². The van der Waals surface area contributed by atoms with E-state index < -0.39 is 0 Å². The first-order valence-electron chi connectivity index (χ1n) is 6.10. The predicted molar refractivity (Wildman–Crippen MR) is 58.1 cm³/mol. The van der Waals surface area contributed by atoms with Crippen molar-refractivity contribution in [2.75, 3.05) is 6.61 Å². The van der Waals surface area contributed by atoms with Crippen LogP contribution in [0.5, 0.6) is 0 Å².